The van der Waals surface area contributed by atoms with Crippen LogP contribution >= 0.6 is 11.6 Å². The zero-order valence-electron chi connectivity index (χ0n) is 19.6. The molecular weight excluding hydrogens is 396 g/mol. The minimum atomic E-state index is 0.557. The van der Waals surface area contributed by atoms with Crippen molar-refractivity contribution >= 4 is 11.6 Å². The van der Waals surface area contributed by atoms with E-state index in [0.29, 0.717) is 5.92 Å². The molecule has 0 atom stereocenters. The lowest BCUT2D eigenvalue weighted by Crippen LogP contribution is -2.13. The molecule has 0 unspecified atom stereocenters. The van der Waals surface area contributed by atoms with Crippen molar-refractivity contribution in [2.24, 2.45) is 11.8 Å². The molecule has 0 bridgehead atoms. The van der Waals surface area contributed by atoms with E-state index in [1.807, 2.05) is 6.07 Å². The third-order valence-electron chi connectivity index (χ3n) is 6.79. The average Bonchev–Trinajstić information content (AvgIpc) is 2.80. The van der Waals surface area contributed by atoms with Crippen molar-refractivity contribution in [3.05, 3.63) is 58.6 Å². The molecule has 2 aromatic rings. The molecule has 1 heteroatoms. The van der Waals surface area contributed by atoms with Crippen molar-refractivity contribution in [1.29, 1.82) is 0 Å². The molecule has 0 heterocycles. The van der Waals surface area contributed by atoms with Crippen LogP contribution in [0.3, 0.4) is 0 Å². The number of halogens is 1. The van der Waals surface area contributed by atoms with Gasteiger partial charge in [0.15, 0.2) is 0 Å². The Kier molecular flexibility index (Phi) is 10.0. The van der Waals surface area contributed by atoms with Gasteiger partial charge < -0.3 is 0 Å². The van der Waals surface area contributed by atoms with Gasteiger partial charge in [-0.25, -0.2) is 0 Å². The first kappa shape index (κ1) is 23.9. The number of unbranched alkanes of at least 4 members (excludes halogenated alkanes) is 4. The standard InChI is InChI=1S/C30H39Cl/c1-3-5-7-9-24-11-13-26(14-12-24)15-16-27-19-22-29(30(31)23-27)28-20-17-25(18-21-28)10-8-6-4-2/h17-24,26H,3-14H2,1-2H3/t24-,26-. The van der Waals surface area contributed by atoms with Crippen LogP contribution in [-0.2, 0) is 6.42 Å². The van der Waals surface area contributed by atoms with Crippen LogP contribution in [-0.4, -0.2) is 0 Å². The van der Waals surface area contributed by atoms with E-state index in [4.69, 9.17) is 11.6 Å². The number of benzene rings is 2. The molecule has 31 heavy (non-hydrogen) atoms. The van der Waals surface area contributed by atoms with Crippen LogP contribution in [0.4, 0.5) is 0 Å². The van der Waals surface area contributed by atoms with Gasteiger partial charge in [0.05, 0.1) is 0 Å². The van der Waals surface area contributed by atoms with E-state index in [1.54, 1.807) is 0 Å². The van der Waals surface area contributed by atoms with Gasteiger partial charge in [0.2, 0.25) is 0 Å². The molecule has 3 rings (SSSR count). The van der Waals surface area contributed by atoms with Gasteiger partial charge in [-0.05, 0) is 67.7 Å². The van der Waals surface area contributed by atoms with E-state index < -0.39 is 0 Å². The lowest BCUT2D eigenvalue weighted by molar-refractivity contribution is 0.294. The van der Waals surface area contributed by atoms with Crippen LogP contribution < -0.4 is 0 Å². The quantitative estimate of drug-likeness (QED) is 0.272. The minimum absolute atomic E-state index is 0.557. The monoisotopic (exact) mass is 434 g/mol. The molecule has 0 saturated heterocycles. The van der Waals surface area contributed by atoms with Gasteiger partial charge in [-0.1, -0.05) is 106 Å². The van der Waals surface area contributed by atoms with Crippen molar-refractivity contribution in [3.63, 3.8) is 0 Å². The summed E-state index contributed by atoms with van der Waals surface area (Å²) in [4.78, 5) is 0. The van der Waals surface area contributed by atoms with Gasteiger partial charge >= 0.3 is 0 Å². The Morgan fingerprint density at radius 3 is 2.23 bits per heavy atom. The number of aryl methyl sites for hydroxylation is 1. The molecule has 2 aromatic carbocycles. The fourth-order valence-corrected chi connectivity index (χ4v) is 5.01. The average molecular weight is 435 g/mol. The second kappa shape index (κ2) is 13.0. The zero-order valence-corrected chi connectivity index (χ0v) is 20.3. The van der Waals surface area contributed by atoms with Crippen molar-refractivity contribution in [3.8, 4) is 23.0 Å². The number of hydrogen-bond acceptors (Lipinski definition) is 0. The maximum Gasteiger partial charge on any atom is 0.0496 e. The highest BCUT2D eigenvalue weighted by Gasteiger charge is 2.19. The molecule has 0 radical (unpaired) electrons. The molecule has 1 saturated carbocycles. The van der Waals surface area contributed by atoms with E-state index in [1.165, 1.54) is 81.8 Å². The first-order valence-electron chi connectivity index (χ1n) is 12.6. The SMILES string of the molecule is CCCCCc1ccc(-c2ccc(C#C[C@H]3CC[C@H](CCCCC)CC3)cc2Cl)cc1. The van der Waals surface area contributed by atoms with Gasteiger partial charge in [0.25, 0.3) is 0 Å². The Labute approximate surface area is 195 Å². The van der Waals surface area contributed by atoms with Gasteiger partial charge in [-0.15, -0.1) is 0 Å². The van der Waals surface area contributed by atoms with Crippen molar-refractivity contribution in [2.45, 2.75) is 90.9 Å². The van der Waals surface area contributed by atoms with Crippen LogP contribution in [0.1, 0.15) is 95.6 Å². The molecule has 1 fully saturated rings. The molecular formula is C30H39Cl. The second-order valence-corrected chi connectivity index (χ2v) is 9.74. The fraction of sp³-hybridized carbons (Fsp3) is 0.533. The third-order valence-corrected chi connectivity index (χ3v) is 7.10. The minimum Gasteiger partial charge on any atom is -0.0945 e. The van der Waals surface area contributed by atoms with Crippen LogP contribution in [0.25, 0.3) is 11.1 Å². The summed E-state index contributed by atoms with van der Waals surface area (Å²) in [5, 5.41) is 0.796. The zero-order chi connectivity index (χ0) is 21.9. The molecule has 1 aliphatic carbocycles. The first-order chi connectivity index (χ1) is 15.2. The summed E-state index contributed by atoms with van der Waals surface area (Å²) in [5.41, 5.74) is 4.73. The summed E-state index contributed by atoms with van der Waals surface area (Å²) in [6.45, 7) is 4.54. The lowest BCUT2D eigenvalue weighted by Gasteiger charge is -2.25. The van der Waals surface area contributed by atoms with E-state index in [0.717, 1.165) is 28.5 Å². The van der Waals surface area contributed by atoms with E-state index >= 15 is 0 Å². The van der Waals surface area contributed by atoms with Crippen molar-refractivity contribution in [2.75, 3.05) is 0 Å². The van der Waals surface area contributed by atoms with E-state index in [2.05, 4.69) is 62.1 Å². The maximum atomic E-state index is 6.64. The molecule has 0 amide bonds. The van der Waals surface area contributed by atoms with E-state index in [9.17, 15) is 0 Å². The highest BCUT2D eigenvalue weighted by molar-refractivity contribution is 6.33. The summed E-state index contributed by atoms with van der Waals surface area (Å²) >= 11 is 6.64. The Bertz CT molecular complexity index is 844. The first-order valence-corrected chi connectivity index (χ1v) is 13.0. The molecule has 0 aromatic heterocycles. The topological polar surface area (TPSA) is 0 Å². The van der Waals surface area contributed by atoms with Gasteiger partial charge in [0, 0.05) is 22.1 Å². The molecule has 1 aliphatic rings. The molecule has 0 spiro atoms. The Balaban J connectivity index is 1.55. The van der Waals surface area contributed by atoms with Gasteiger partial charge in [0.1, 0.15) is 0 Å². The Hall–Kier alpha value is -1.71. The Morgan fingerprint density at radius 1 is 0.839 bits per heavy atom. The maximum absolute atomic E-state index is 6.64. The lowest BCUT2D eigenvalue weighted by atomic mass is 9.80. The predicted molar refractivity (Wildman–Crippen MR) is 137 cm³/mol. The highest BCUT2D eigenvalue weighted by atomic mass is 35.5. The smallest absolute Gasteiger partial charge is 0.0496 e. The molecule has 0 N–H and O–H groups in total. The summed E-state index contributed by atoms with van der Waals surface area (Å²) < 4.78 is 0. The summed E-state index contributed by atoms with van der Waals surface area (Å²) in [6.07, 6.45) is 15.8. The Morgan fingerprint density at radius 2 is 1.55 bits per heavy atom. The van der Waals surface area contributed by atoms with Gasteiger partial charge in [-0.3, -0.25) is 0 Å². The van der Waals surface area contributed by atoms with Crippen molar-refractivity contribution < 1.29 is 0 Å². The predicted octanol–water partition coefficient (Wildman–Crippen LogP) is 9.48. The van der Waals surface area contributed by atoms with Crippen LogP contribution in [0, 0.1) is 23.7 Å². The van der Waals surface area contributed by atoms with E-state index in [-0.39, 0.29) is 0 Å². The number of hydrogen-bond donors (Lipinski definition) is 0. The number of rotatable bonds is 9. The molecule has 0 aliphatic heterocycles. The van der Waals surface area contributed by atoms with Gasteiger partial charge in [-0.2, -0.15) is 0 Å². The summed E-state index contributed by atoms with van der Waals surface area (Å²) in [5.74, 6) is 8.44. The fourth-order valence-electron chi connectivity index (χ4n) is 4.72. The van der Waals surface area contributed by atoms with Crippen LogP contribution in [0.15, 0.2) is 42.5 Å². The van der Waals surface area contributed by atoms with Crippen molar-refractivity contribution in [1.82, 2.24) is 0 Å². The van der Waals surface area contributed by atoms with Crippen LogP contribution in [0.2, 0.25) is 5.02 Å². The van der Waals surface area contributed by atoms with Crippen LogP contribution in [0.5, 0.6) is 0 Å². The molecule has 166 valence electrons. The normalized spacial score (nSPS) is 18.4. The summed E-state index contributed by atoms with van der Waals surface area (Å²) in [7, 11) is 0. The second-order valence-electron chi connectivity index (χ2n) is 9.33. The largest absolute Gasteiger partial charge is 0.0945 e. The molecule has 0 nitrogen and oxygen atoms in total. The third kappa shape index (κ3) is 7.73. The highest BCUT2D eigenvalue weighted by Crippen LogP contribution is 2.32. The summed E-state index contributed by atoms with van der Waals surface area (Å²) in [6, 6.07) is 15.2.